The normalized spacial score (nSPS) is 9.52. The van der Waals surface area contributed by atoms with Gasteiger partial charge in [0.2, 0.25) is 0 Å². The molecule has 0 atom stereocenters. The van der Waals surface area contributed by atoms with Crippen LogP contribution in [0.25, 0.3) is 0 Å². The van der Waals surface area contributed by atoms with Crippen LogP contribution in [0.1, 0.15) is 29.8 Å². The van der Waals surface area contributed by atoms with Gasteiger partial charge >= 0.3 is 5.97 Å². The minimum atomic E-state index is -0.585. The van der Waals surface area contributed by atoms with E-state index < -0.39 is 10.9 Å². The minimum Gasteiger partial charge on any atom is -0.465 e. The average Bonchev–Trinajstić information content (AvgIpc) is 2.61. The molecule has 5 nitrogen and oxygen atoms in total. The number of thioether (sulfide) groups is 1. The van der Waals surface area contributed by atoms with Gasteiger partial charge in [-0.3, -0.25) is 10.1 Å². The van der Waals surface area contributed by atoms with Gasteiger partial charge in [0, 0.05) is 11.8 Å². The first kappa shape index (κ1) is 18.7. The Balaban J connectivity index is 0.00000127. The largest absolute Gasteiger partial charge is 0.465 e. The van der Waals surface area contributed by atoms with Crippen molar-refractivity contribution in [2.75, 3.05) is 7.11 Å². The van der Waals surface area contributed by atoms with E-state index in [9.17, 15) is 14.9 Å². The lowest BCUT2D eigenvalue weighted by atomic mass is 10.2. The lowest BCUT2D eigenvalue weighted by molar-refractivity contribution is -0.387. The molecule has 0 spiro atoms. The molecule has 2 aromatic rings. The number of esters is 1. The molecule has 2 aromatic carbocycles. The van der Waals surface area contributed by atoms with Gasteiger partial charge in [0.25, 0.3) is 5.69 Å². The Labute approximate surface area is 139 Å². The van der Waals surface area contributed by atoms with Crippen molar-refractivity contribution >= 4 is 23.4 Å². The molecule has 0 saturated heterocycles. The maximum Gasteiger partial charge on any atom is 0.338 e. The Bertz CT molecular complexity index is 659. The Kier molecular flexibility index (Phi) is 7.83. The number of carbonyl (C=O) groups is 1. The lowest BCUT2D eigenvalue weighted by Crippen LogP contribution is -2.02. The van der Waals surface area contributed by atoms with Crippen LogP contribution in [-0.2, 0) is 10.5 Å². The number of nitro groups is 1. The van der Waals surface area contributed by atoms with Crippen LogP contribution in [-0.4, -0.2) is 18.0 Å². The zero-order valence-corrected chi connectivity index (χ0v) is 14.1. The molecule has 0 aliphatic rings. The van der Waals surface area contributed by atoms with Gasteiger partial charge in [-0.15, -0.1) is 11.8 Å². The number of nitro benzene ring substituents is 1. The zero-order valence-electron chi connectivity index (χ0n) is 13.3. The maximum atomic E-state index is 11.4. The molecule has 0 amide bonds. The predicted molar refractivity (Wildman–Crippen MR) is 91.8 cm³/mol. The number of methoxy groups -OCH3 is 1. The van der Waals surface area contributed by atoms with Crippen LogP contribution in [0.4, 0.5) is 5.69 Å². The molecule has 2 rings (SSSR count). The molecular formula is C17H19NO4S. The smallest absolute Gasteiger partial charge is 0.338 e. The summed E-state index contributed by atoms with van der Waals surface area (Å²) in [7, 11) is 1.24. The van der Waals surface area contributed by atoms with Crippen LogP contribution in [0.2, 0.25) is 0 Å². The third kappa shape index (κ3) is 5.41. The molecule has 0 fully saturated rings. The first-order valence-electron chi connectivity index (χ1n) is 7.15. The van der Waals surface area contributed by atoms with Crippen molar-refractivity contribution in [3.63, 3.8) is 0 Å². The Morgan fingerprint density at radius 2 is 1.83 bits per heavy atom. The first-order valence-corrected chi connectivity index (χ1v) is 8.14. The molecule has 0 radical (unpaired) electrons. The molecule has 0 N–H and O–H groups in total. The Hall–Kier alpha value is -2.34. The van der Waals surface area contributed by atoms with Gasteiger partial charge < -0.3 is 4.74 Å². The van der Waals surface area contributed by atoms with Crippen LogP contribution < -0.4 is 0 Å². The fourth-order valence-electron chi connectivity index (χ4n) is 1.76. The summed E-state index contributed by atoms with van der Waals surface area (Å²) < 4.78 is 4.57. The summed E-state index contributed by atoms with van der Waals surface area (Å²) in [4.78, 5) is 22.6. The standard InChI is InChI=1S/C15H13NO4S.C2H6/c1-20-15(17)12-7-8-14(13(9-12)16(18)19)21-10-11-5-3-2-4-6-11;1-2/h2-9H,10H2,1H3;1-2H3. The summed E-state index contributed by atoms with van der Waals surface area (Å²) in [6, 6.07) is 14.0. The number of carbonyl (C=O) groups excluding carboxylic acids is 1. The van der Waals surface area contributed by atoms with Crippen molar-refractivity contribution in [1.29, 1.82) is 0 Å². The number of hydrogen-bond donors (Lipinski definition) is 0. The molecule has 6 heteroatoms. The summed E-state index contributed by atoms with van der Waals surface area (Å²) in [5, 5.41) is 11.1. The predicted octanol–water partition coefficient (Wildman–Crippen LogP) is 4.70. The van der Waals surface area contributed by atoms with Gasteiger partial charge in [-0.25, -0.2) is 4.79 Å². The van der Waals surface area contributed by atoms with E-state index in [-0.39, 0.29) is 11.3 Å². The maximum absolute atomic E-state index is 11.4. The van der Waals surface area contributed by atoms with Gasteiger partial charge in [0.15, 0.2) is 0 Å². The lowest BCUT2D eigenvalue weighted by Gasteiger charge is -2.05. The van der Waals surface area contributed by atoms with Gasteiger partial charge in [0.1, 0.15) is 0 Å². The summed E-state index contributed by atoms with van der Waals surface area (Å²) in [5.74, 6) is 0.0388. The molecule has 122 valence electrons. The number of ether oxygens (including phenoxy) is 1. The summed E-state index contributed by atoms with van der Waals surface area (Å²) in [5.41, 5.74) is 1.17. The fraction of sp³-hybridized carbons (Fsp3) is 0.235. The quantitative estimate of drug-likeness (QED) is 0.343. The van der Waals surface area contributed by atoms with Crippen molar-refractivity contribution in [3.8, 4) is 0 Å². The fourth-order valence-corrected chi connectivity index (χ4v) is 2.72. The number of nitrogens with zero attached hydrogens (tertiary/aromatic N) is 1. The second-order valence-electron chi connectivity index (χ2n) is 4.21. The van der Waals surface area contributed by atoms with E-state index in [4.69, 9.17) is 0 Å². The summed E-state index contributed by atoms with van der Waals surface area (Å²) in [6.45, 7) is 4.00. The molecule has 23 heavy (non-hydrogen) atoms. The average molecular weight is 333 g/mol. The molecule has 0 saturated carbocycles. The molecule has 0 heterocycles. The van der Waals surface area contributed by atoms with Crippen molar-refractivity contribution in [2.24, 2.45) is 0 Å². The Morgan fingerprint density at radius 3 is 2.39 bits per heavy atom. The van der Waals surface area contributed by atoms with E-state index in [0.717, 1.165) is 5.56 Å². The van der Waals surface area contributed by atoms with Crippen LogP contribution in [0.15, 0.2) is 53.4 Å². The second kappa shape index (κ2) is 9.63. The highest BCUT2D eigenvalue weighted by molar-refractivity contribution is 7.98. The van der Waals surface area contributed by atoms with E-state index in [1.807, 2.05) is 44.2 Å². The van der Waals surface area contributed by atoms with Crippen LogP contribution in [0, 0.1) is 10.1 Å². The van der Waals surface area contributed by atoms with Crippen molar-refractivity contribution in [3.05, 3.63) is 69.8 Å². The summed E-state index contributed by atoms with van der Waals surface area (Å²) in [6.07, 6.45) is 0. The van der Waals surface area contributed by atoms with Crippen molar-refractivity contribution in [2.45, 2.75) is 24.5 Å². The van der Waals surface area contributed by atoms with Gasteiger partial charge in [0.05, 0.1) is 22.5 Å². The van der Waals surface area contributed by atoms with Crippen LogP contribution in [0.5, 0.6) is 0 Å². The number of rotatable bonds is 5. The molecular weight excluding hydrogens is 314 g/mol. The topological polar surface area (TPSA) is 69.4 Å². The highest BCUT2D eigenvalue weighted by Gasteiger charge is 2.18. The second-order valence-corrected chi connectivity index (χ2v) is 5.22. The van der Waals surface area contributed by atoms with Crippen molar-refractivity contribution < 1.29 is 14.5 Å². The summed E-state index contributed by atoms with van der Waals surface area (Å²) >= 11 is 1.36. The highest BCUT2D eigenvalue weighted by atomic mass is 32.2. The number of hydrogen-bond acceptors (Lipinski definition) is 5. The monoisotopic (exact) mass is 333 g/mol. The third-order valence-electron chi connectivity index (χ3n) is 2.81. The molecule has 0 aliphatic carbocycles. The van der Waals surface area contributed by atoms with Gasteiger partial charge in [-0.2, -0.15) is 0 Å². The number of benzene rings is 2. The van der Waals surface area contributed by atoms with Gasteiger partial charge in [-0.05, 0) is 17.7 Å². The molecule has 0 aliphatic heterocycles. The Morgan fingerprint density at radius 1 is 1.17 bits per heavy atom. The van der Waals surface area contributed by atoms with E-state index in [0.29, 0.717) is 10.6 Å². The minimum absolute atomic E-state index is 0.0844. The highest BCUT2D eigenvalue weighted by Crippen LogP contribution is 2.32. The van der Waals surface area contributed by atoms with Crippen LogP contribution in [0.3, 0.4) is 0 Å². The van der Waals surface area contributed by atoms with E-state index in [1.54, 1.807) is 6.07 Å². The van der Waals surface area contributed by atoms with Crippen LogP contribution >= 0.6 is 11.8 Å². The van der Waals surface area contributed by atoms with Gasteiger partial charge in [-0.1, -0.05) is 44.2 Å². The first-order chi connectivity index (χ1) is 11.1. The molecule has 0 aromatic heterocycles. The van der Waals surface area contributed by atoms with E-state index in [2.05, 4.69) is 4.74 Å². The van der Waals surface area contributed by atoms with E-state index >= 15 is 0 Å². The zero-order chi connectivity index (χ0) is 17.2. The molecule has 0 bridgehead atoms. The van der Waals surface area contributed by atoms with E-state index in [1.165, 1.54) is 31.0 Å². The SMILES string of the molecule is CC.COC(=O)c1ccc(SCc2ccccc2)c([N+](=O)[O-])c1. The van der Waals surface area contributed by atoms with Crippen molar-refractivity contribution in [1.82, 2.24) is 0 Å². The third-order valence-corrected chi connectivity index (χ3v) is 3.95. The molecule has 0 unspecified atom stereocenters.